The monoisotopic (exact) mass is 230 g/mol. The first-order chi connectivity index (χ1) is 6.38. The molecule has 1 aliphatic heterocycles. The molecule has 70 valence electrons. The molecular weight excluding hydrogens is 220 g/mol. The lowest BCUT2D eigenvalue weighted by Gasteiger charge is -2.14. The smallest absolute Gasteiger partial charge is 0.131 e. The SMILES string of the molecule is CC(=C1SCSCS1)c1ccco1. The van der Waals surface area contributed by atoms with Crippen molar-refractivity contribution in [3.63, 3.8) is 0 Å². The van der Waals surface area contributed by atoms with Crippen LogP contribution in [0.5, 0.6) is 0 Å². The minimum atomic E-state index is 1.00. The number of hydrogen-bond acceptors (Lipinski definition) is 4. The Morgan fingerprint density at radius 2 is 2.15 bits per heavy atom. The zero-order valence-corrected chi connectivity index (χ0v) is 9.73. The second kappa shape index (κ2) is 4.53. The van der Waals surface area contributed by atoms with E-state index in [0.717, 1.165) is 5.76 Å². The third-order valence-electron chi connectivity index (χ3n) is 1.74. The molecule has 0 radical (unpaired) electrons. The quantitative estimate of drug-likeness (QED) is 0.720. The summed E-state index contributed by atoms with van der Waals surface area (Å²) < 4.78 is 6.77. The number of hydrogen-bond donors (Lipinski definition) is 0. The Morgan fingerprint density at radius 3 is 2.77 bits per heavy atom. The number of rotatable bonds is 1. The van der Waals surface area contributed by atoms with Crippen molar-refractivity contribution in [2.75, 3.05) is 10.2 Å². The average Bonchev–Trinajstić information content (AvgIpc) is 2.71. The highest BCUT2D eigenvalue weighted by Crippen LogP contribution is 2.43. The Kier molecular flexibility index (Phi) is 3.35. The van der Waals surface area contributed by atoms with E-state index in [1.165, 1.54) is 20.0 Å². The van der Waals surface area contributed by atoms with Crippen LogP contribution in [-0.2, 0) is 0 Å². The summed E-state index contributed by atoms with van der Waals surface area (Å²) in [4.78, 5) is 0. The fraction of sp³-hybridized carbons (Fsp3) is 0.333. The van der Waals surface area contributed by atoms with Gasteiger partial charge in [-0.2, -0.15) is 0 Å². The van der Waals surface area contributed by atoms with Crippen molar-refractivity contribution in [2.45, 2.75) is 6.92 Å². The van der Waals surface area contributed by atoms with Crippen LogP contribution >= 0.6 is 35.3 Å². The van der Waals surface area contributed by atoms with E-state index in [-0.39, 0.29) is 0 Å². The van der Waals surface area contributed by atoms with Gasteiger partial charge in [-0.05, 0) is 19.1 Å². The third-order valence-corrected chi connectivity index (χ3v) is 5.86. The molecule has 4 heteroatoms. The van der Waals surface area contributed by atoms with Gasteiger partial charge in [0.15, 0.2) is 0 Å². The van der Waals surface area contributed by atoms with Crippen molar-refractivity contribution in [2.24, 2.45) is 0 Å². The zero-order chi connectivity index (χ0) is 9.10. The van der Waals surface area contributed by atoms with E-state index in [0.29, 0.717) is 0 Å². The minimum Gasteiger partial charge on any atom is -0.465 e. The van der Waals surface area contributed by atoms with Crippen LogP contribution in [-0.4, -0.2) is 10.2 Å². The molecule has 0 saturated carbocycles. The molecule has 1 aromatic heterocycles. The minimum absolute atomic E-state index is 1.00. The second-order valence-corrected chi connectivity index (χ2v) is 6.56. The number of allylic oxidation sites excluding steroid dienone is 1. The van der Waals surface area contributed by atoms with Gasteiger partial charge in [-0.25, -0.2) is 0 Å². The van der Waals surface area contributed by atoms with Crippen LogP contribution in [0.4, 0.5) is 0 Å². The van der Waals surface area contributed by atoms with Crippen LogP contribution in [0, 0.1) is 0 Å². The van der Waals surface area contributed by atoms with Crippen LogP contribution in [0.2, 0.25) is 0 Å². The molecule has 1 nitrogen and oxygen atoms in total. The Labute approximate surface area is 90.7 Å². The van der Waals surface area contributed by atoms with Crippen molar-refractivity contribution >= 4 is 40.9 Å². The number of thioether (sulfide) groups is 3. The summed E-state index contributed by atoms with van der Waals surface area (Å²) in [6.07, 6.45) is 1.73. The Morgan fingerprint density at radius 1 is 1.38 bits per heavy atom. The van der Waals surface area contributed by atoms with E-state index >= 15 is 0 Å². The highest BCUT2D eigenvalue weighted by molar-refractivity contribution is 8.36. The molecule has 1 aromatic rings. The van der Waals surface area contributed by atoms with Gasteiger partial charge in [-0.1, -0.05) is 0 Å². The van der Waals surface area contributed by atoms with E-state index in [2.05, 4.69) is 6.92 Å². The van der Waals surface area contributed by atoms with Gasteiger partial charge in [0.05, 0.1) is 6.26 Å². The maximum atomic E-state index is 5.36. The van der Waals surface area contributed by atoms with Gasteiger partial charge in [0.2, 0.25) is 0 Å². The maximum Gasteiger partial charge on any atom is 0.131 e. The lowest BCUT2D eigenvalue weighted by molar-refractivity contribution is 0.553. The predicted molar refractivity (Wildman–Crippen MR) is 63.8 cm³/mol. The maximum absolute atomic E-state index is 5.36. The van der Waals surface area contributed by atoms with Crippen LogP contribution in [0.15, 0.2) is 27.1 Å². The molecule has 0 atom stereocenters. The third kappa shape index (κ3) is 2.30. The van der Waals surface area contributed by atoms with Crippen molar-refractivity contribution in [1.82, 2.24) is 0 Å². The van der Waals surface area contributed by atoms with Crippen LogP contribution in [0.3, 0.4) is 0 Å². The van der Waals surface area contributed by atoms with E-state index in [1.54, 1.807) is 6.26 Å². The van der Waals surface area contributed by atoms with Crippen molar-refractivity contribution < 1.29 is 4.42 Å². The van der Waals surface area contributed by atoms with Crippen LogP contribution in [0.1, 0.15) is 12.7 Å². The summed E-state index contributed by atoms with van der Waals surface area (Å²) in [5.74, 6) is 1.00. The van der Waals surface area contributed by atoms with E-state index in [4.69, 9.17) is 4.42 Å². The first-order valence-corrected chi connectivity index (χ1v) is 7.08. The fourth-order valence-electron chi connectivity index (χ4n) is 1.08. The van der Waals surface area contributed by atoms with Crippen LogP contribution < -0.4 is 0 Å². The van der Waals surface area contributed by atoms with E-state index < -0.39 is 0 Å². The van der Waals surface area contributed by atoms with Crippen LogP contribution in [0.25, 0.3) is 5.57 Å². The van der Waals surface area contributed by atoms with Gasteiger partial charge in [0.25, 0.3) is 0 Å². The Balaban J connectivity index is 2.22. The normalized spacial score (nSPS) is 17.5. The molecule has 0 bridgehead atoms. The molecule has 0 aromatic carbocycles. The molecule has 0 amide bonds. The van der Waals surface area contributed by atoms with Crippen molar-refractivity contribution in [3.05, 3.63) is 28.4 Å². The summed E-state index contributed by atoms with van der Waals surface area (Å²) in [6.45, 7) is 2.13. The number of furan rings is 1. The van der Waals surface area contributed by atoms with Gasteiger partial charge < -0.3 is 4.42 Å². The fourth-order valence-corrected chi connectivity index (χ4v) is 5.32. The van der Waals surface area contributed by atoms with Crippen molar-refractivity contribution in [1.29, 1.82) is 0 Å². The van der Waals surface area contributed by atoms with Gasteiger partial charge in [-0.15, -0.1) is 35.3 Å². The molecule has 2 heterocycles. The summed E-state index contributed by atoms with van der Waals surface area (Å²) in [5.41, 5.74) is 1.28. The first-order valence-electron chi connectivity index (χ1n) is 3.96. The highest BCUT2D eigenvalue weighted by Gasteiger charge is 2.12. The molecule has 0 spiro atoms. The zero-order valence-electron chi connectivity index (χ0n) is 7.28. The van der Waals surface area contributed by atoms with Gasteiger partial charge >= 0.3 is 0 Å². The average molecular weight is 230 g/mol. The predicted octanol–water partition coefficient (Wildman–Crippen LogP) is 4.10. The first kappa shape index (κ1) is 9.62. The van der Waals surface area contributed by atoms with Gasteiger partial charge in [0.1, 0.15) is 5.76 Å². The van der Waals surface area contributed by atoms with Crippen molar-refractivity contribution in [3.8, 4) is 0 Å². The van der Waals surface area contributed by atoms with E-state index in [9.17, 15) is 0 Å². The summed E-state index contributed by atoms with van der Waals surface area (Å²) in [5, 5.41) is 2.33. The summed E-state index contributed by atoms with van der Waals surface area (Å²) in [6, 6.07) is 3.96. The molecule has 1 aliphatic rings. The highest BCUT2D eigenvalue weighted by atomic mass is 32.3. The van der Waals surface area contributed by atoms with Gasteiger partial charge in [-0.3, -0.25) is 0 Å². The summed E-state index contributed by atoms with van der Waals surface area (Å²) >= 11 is 5.80. The molecule has 2 rings (SSSR count). The van der Waals surface area contributed by atoms with E-state index in [1.807, 2.05) is 47.4 Å². The molecule has 1 fully saturated rings. The molecule has 1 saturated heterocycles. The summed E-state index contributed by atoms with van der Waals surface area (Å²) in [7, 11) is 0. The largest absolute Gasteiger partial charge is 0.465 e. The molecule has 0 aliphatic carbocycles. The Hall–Kier alpha value is 0.0700. The standard InChI is InChI=1S/C9H10OS3/c1-7(8-3-2-4-10-8)9-12-5-11-6-13-9/h2-4H,5-6H2,1H3. The lowest BCUT2D eigenvalue weighted by atomic mass is 10.3. The lowest BCUT2D eigenvalue weighted by Crippen LogP contribution is -1.87. The second-order valence-electron chi connectivity index (χ2n) is 2.62. The Bertz CT molecular complexity index is 295. The van der Waals surface area contributed by atoms with Gasteiger partial charge in [0, 0.05) is 20.0 Å². The molecule has 0 N–H and O–H groups in total. The topological polar surface area (TPSA) is 13.1 Å². The molecule has 0 unspecified atom stereocenters. The molecule has 13 heavy (non-hydrogen) atoms. The molecular formula is C9H10OS3.